The van der Waals surface area contributed by atoms with Crippen LogP contribution in [-0.4, -0.2) is 18.2 Å². The zero-order valence-corrected chi connectivity index (χ0v) is 11.8. The molecule has 0 saturated carbocycles. The molecular formula is C13H15BrF3NO. The molecule has 1 aliphatic heterocycles. The Balaban J connectivity index is 2.23. The highest BCUT2D eigenvalue weighted by Gasteiger charge is 2.35. The van der Waals surface area contributed by atoms with E-state index < -0.39 is 17.5 Å². The number of hydrogen-bond acceptors (Lipinski definition) is 2. The highest BCUT2D eigenvalue weighted by atomic mass is 79.9. The smallest absolute Gasteiger partial charge is 0.420 e. The summed E-state index contributed by atoms with van der Waals surface area (Å²) in [5, 5.41) is 12.7. The van der Waals surface area contributed by atoms with Crippen LogP contribution in [0.5, 0.6) is 5.75 Å². The first-order valence-corrected chi connectivity index (χ1v) is 6.96. The minimum Gasteiger partial charge on any atom is -0.506 e. The van der Waals surface area contributed by atoms with Crippen LogP contribution in [0, 0.1) is 5.92 Å². The van der Waals surface area contributed by atoms with Crippen LogP contribution in [0.3, 0.4) is 0 Å². The van der Waals surface area contributed by atoms with E-state index >= 15 is 0 Å². The summed E-state index contributed by atoms with van der Waals surface area (Å²) in [6.45, 7) is 1.83. The van der Waals surface area contributed by atoms with Crippen LogP contribution in [0.4, 0.5) is 13.2 Å². The van der Waals surface area contributed by atoms with E-state index in [0.717, 1.165) is 32.0 Å². The van der Waals surface area contributed by atoms with E-state index in [1.165, 1.54) is 0 Å². The Morgan fingerprint density at radius 1 is 1.26 bits per heavy atom. The predicted octanol–water partition coefficient (Wildman–Crippen LogP) is 3.72. The van der Waals surface area contributed by atoms with Gasteiger partial charge in [0.2, 0.25) is 0 Å². The lowest BCUT2D eigenvalue weighted by molar-refractivity contribution is -0.138. The molecule has 0 aliphatic carbocycles. The van der Waals surface area contributed by atoms with Gasteiger partial charge in [-0.3, -0.25) is 0 Å². The normalized spacial score (nSPS) is 17.7. The summed E-state index contributed by atoms with van der Waals surface area (Å²) in [4.78, 5) is 0. The van der Waals surface area contributed by atoms with Crippen molar-refractivity contribution in [3.63, 3.8) is 0 Å². The number of benzene rings is 1. The van der Waals surface area contributed by atoms with E-state index in [9.17, 15) is 18.3 Å². The summed E-state index contributed by atoms with van der Waals surface area (Å²) in [5.41, 5.74) is -0.352. The van der Waals surface area contributed by atoms with Gasteiger partial charge >= 0.3 is 6.18 Å². The zero-order valence-electron chi connectivity index (χ0n) is 10.2. The molecular weight excluding hydrogens is 323 g/mol. The monoisotopic (exact) mass is 337 g/mol. The Morgan fingerprint density at radius 3 is 2.47 bits per heavy atom. The average molecular weight is 338 g/mol. The molecule has 0 aromatic heterocycles. The standard InChI is InChI=1S/C13H15BrF3NO/c14-11-7-9(5-8-1-3-18-4-2-8)6-10(12(11)19)13(15,16)17/h6-8,18-19H,1-5H2. The molecule has 0 unspecified atom stereocenters. The molecule has 1 aromatic carbocycles. The second-order valence-corrected chi connectivity index (χ2v) is 5.72. The van der Waals surface area contributed by atoms with Gasteiger partial charge in [0.25, 0.3) is 0 Å². The van der Waals surface area contributed by atoms with Crippen LogP contribution < -0.4 is 5.32 Å². The van der Waals surface area contributed by atoms with Gasteiger partial charge in [0.05, 0.1) is 10.0 Å². The molecule has 2 N–H and O–H groups in total. The van der Waals surface area contributed by atoms with Gasteiger partial charge in [-0.05, 0) is 71.9 Å². The molecule has 1 saturated heterocycles. The summed E-state index contributed by atoms with van der Waals surface area (Å²) in [6, 6.07) is 2.63. The minimum atomic E-state index is -4.53. The first-order valence-electron chi connectivity index (χ1n) is 6.17. The molecule has 106 valence electrons. The number of phenols is 1. The lowest BCUT2D eigenvalue weighted by atomic mass is 9.90. The van der Waals surface area contributed by atoms with Crippen molar-refractivity contribution in [1.29, 1.82) is 0 Å². The van der Waals surface area contributed by atoms with Crippen LogP contribution in [0.15, 0.2) is 16.6 Å². The number of halogens is 4. The molecule has 0 amide bonds. The molecule has 2 rings (SSSR count). The molecule has 0 bridgehead atoms. The number of hydrogen-bond donors (Lipinski definition) is 2. The van der Waals surface area contributed by atoms with Crippen LogP contribution in [0.25, 0.3) is 0 Å². The van der Waals surface area contributed by atoms with Gasteiger partial charge in [0, 0.05) is 0 Å². The fourth-order valence-electron chi connectivity index (χ4n) is 2.41. The largest absolute Gasteiger partial charge is 0.506 e. The molecule has 1 aliphatic rings. The lowest BCUT2D eigenvalue weighted by Crippen LogP contribution is -2.28. The van der Waals surface area contributed by atoms with Crippen LogP contribution in [0.1, 0.15) is 24.0 Å². The van der Waals surface area contributed by atoms with Gasteiger partial charge in [0.1, 0.15) is 5.75 Å². The van der Waals surface area contributed by atoms with Crippen molar-refractivity contribution in [2.45, 2.75) is 25.4 Å². The number of piperidine rings is 1. The summed E-state index contributed by atoms with van der Waals surface area (Å²) in [7, 11) is 0. The van der Waals surface area contributed by atoms with Crippen LogP contribution in [-0.2, 0) is 12.6 Å². The van der Waals surface area contributed by atoms with E-state index in [-0.39, 0.29) is 4.47 Å². The number of rotatable bonds is 2. The predicted molar refractivity (Wildman–Crippen MR) is 70.1 cm³/mol. The SMILES string of the molecule is Oc1c(Br)cc(CC2CCNCC2)cc1C(F)(F)F. The second kappa shape index (κ2) is 5.71. The molecule has 6 heteroatoms. The van der Waals surface area contributed by atoms with Crippen molar-refractivity contribution < 1.29 is 18.3 Å². The van der Waals surface area contributed by atoms with Crippen molar-refractivity contribution >= 4 is 15.9 Å². The van der Waals surface area contributed by atoms with E-state index in [1.54, 1.807) is 6.07 Å². The third-order valence-corrected chi connectivity index (χ3v) is 4.02. The molecule has 0 spiro atoms. The molecule has 0 atom stereocenters. The first kappa shape index (κ1) is 14.7. The topological polar surface area (TPSA) is 32.3 Å². The fraction of sp³-hybridized carbons (Fsp3) is 0.538. The minimum absolute atomic E-state index is 0.103. The van der Waals surface area contributed by atoms with Crippen molar-refractivity contribution in [2.24, 2.45) is 5.92 Å². The first-order chi connectivity index (χ1) is 8.88. The highest BCUT2D eigenvalue weighted by molar-refractivity contribution is 9.10. The Labute approximate surface area is 118 Å². The van der Waals surface area contributed by atoms with E-state index in [0.29, 0.717) is 17.9 Å². The summed E-state index contributed by atoms with van der Waals surface area (Å²) >= 11 is 2.99. The fourth-order valence-corrected chi connectivity index (χ4v) is 2.92. The van der Waals surface area contributed by atoms with Crippen LogP contribution in [0.2, 0.25) is 0 Å². The average Bonchev–Trinajstić information content (AvgIpc) is 2.33. The van der Waals surface area contributed by atoms with Gasteiger partial charge in [-0.15, -0.1) is 0 Å². The van der Waals surface area contributed by atoms with Gasteiger partial charge in [-0.2, -0.15) is 13.2 Å². The third kappa shape index (κ3) is 3.63. The van der Waals surface area contributed by atoms with Crippen LogP contribution >= 0.6 is 15.9 Å². The van der Waals surface area contributed by atoms with Gasteiger partial charge in [0.15, 0.2) is 0 Å². The third-order valence-electron chi connectivity index (χ3n) is 3.41. The Hall–Kier alpha value is -0.750. The molecule has 1 aromatic rings. The number of aromatic hydroxyl groups is 1. The van der Waals surface area contributed by atoms with Crippen molar-refractivity contribution in [3.8, 4) is 5.75 Å². The maximum Gasteiger partial charge on any atom is 0.420 e. The van der Waals surface area contributed by atoms with E-state index in [1.807, 2.05) is 0 Å². The Morgan fingerprint density at radius 2 is 1.89 bits per heavy atom. The molecule has 1 fully saturated rings. The van der Waals surface area contributed by atoms with E-state index in [4.69, 9.17) is 0 Å². The van der Waals surface area contributed by atoms with Gasteiger partial charge in [-0.1, -0.05) is 0 Å². The summed E-state index contributed by atoms with van der Waals surface area (Å²) in [6.07, 6.45) is -1.97. The van der Waals surface area contributed by atoms with Crippen molar-refractivity contribution in [3.05, 3.63) is 27.7 Å². The molecule has 0 radical (unpaired) electrons. The summed E-state index contributed by atoms with van der Waals surface area (Å²) in [5.74, 6) is -0.333. The summed E-state index contributed by atoms with van der Waals surface area (Å²) < 4.78 is 38.5. The molecule has 2 nitrogen and oxygen atoms in total. The number of nitrogens with one attached hydrogen (secondary N) is 1. The second-order valence-electron chi connectivity index (χ2n) is 4.87. The number of alkyl halides is 3. The highest BCUT2D eigenvalue weighted by Crippen LogP contribution is 2.41. The van der Waals surface area contributed by atoms with Gasteiger partial charge in [-0.25, -0.2) is 0 Å². The zero-order chi connectivity index (χ0) is 14.0. The van der Waals surface area contributed by atoms with Crippen molar-refractivity contribution in [1.82, 2.24) is 5.32 Å². The maximum atomic E-state index is 12.8. The van der Waals surface area contributed by atoms with Gasteiger partial charge < -0.3 is 10.4 Å². The maximum absolute atomic E-state index is 12.8. The van der Waals surface area contributed by atoms with Crippen molar-refractivity contribution in [2.75, 3.05) is 13.1 Å². The van der Waals surface area contributed by atoms with E-state index in [2.05, 4.69) is 21.2 Å². The quantitative estimate of drug-likeness (QED) is 0.862. The lowest BCUT2D eigenvalue weighted by Gasteiger charge is -2.23. The Kier molecular flexibility index (Phi) is 4.40. The molecule has 1 heterocycles. The molecule has 19 heavy (non-hydrogen) atoms. The number of phenolic OH excluding ortho intramolecular Hbond substituents is 1. The Bertz CT molecular complexity index is 456.